The molecule has 0 saturated heterocycles. The molecular weight excluding hydrogens is 259 g/mol. The molecule has 1 fully saturated rings. The molecule has 0 amide bonds. The van der Waals surface area contributed by atoms with Crippen molar-refractivity contribution in [1.82, 2.24) is 0 Å². The van der Waals surface area contributed by atoms with Crippen LogP contribution in [-0.2, 0) is 5.51 Å². The summed E-state index contributed by atoms with van der Waals surface area (Å²) in [6.07, 6.45) is 1.83. The number of hydrogen-bond acceptors (Lipinski definition) is 1. The van der Waals surface area contributed by atoms with Gasteiger partial charge in [-0.1, -0.05) is 12.1 Å². The molecule has 1 heterocycles. The summed E-state index contributed by atoms with van der Waals surface area (Å²) in [4.78, 5) is 0.605. The predicted molar refractivity (Wildman–Crippen MR) is 64.7 cm³/mol. The first-order chi connectivity index (χ1) is 8.57. The maximum absolute atomic E-state index is 13.0. The molecule has 1 aliphatic rings. The van der Waals surface area contributed by atoms with Crippen molar-refractivity contribution >= 4 is 20.6 Å². The van der Waals surface area contributed by atoms with Crippen molar-refractivity contribution in [3.05, 3.63) is 41.8 Å². The Hall–Kier alpha value is -1.54. The summed E-state index contributed by atoms with van der Waals surface area (Å²) in [7, 11) is -1.66. The molecule has 0 aliphatic heterocycles. The zero-order valence-corrected chi connectivity index (χ0v) is 10.2. The molecule has 3 rings (SSSR count). The number of benzene rings is 1. The number of halogens is 3. The predicted octanol–water partition coefficient (Wildman–Crippen LogP) is 5.04. The Morgan fingerprint density at radius 3 is 2.33 bits per heavy atom. The van der Waals surface area contributed by atoms with Gasteiger partial charge in [0.05, 0.1) is 10.5 Å². The minimum atomic E-state index is -4.12. The van der Waals surface area contributed by atoms with E-state index < -0.39 is 16.0 Å². The fraction of sp³-hybridized carbons (Fsp3) is 0.308. The molecule has 0 N–H and O–H groups in total. The Kier molecular flexibility index (Phi) is 3.31. The van der Waals surface area contributed by atoms with Crippen molar-refractivity contribution in [2.75, 3.05) is 0 Å². The van der Waals surface area contributed by atoms with Crippen molar-refractivity contribution in [2.24, 2.45) is 0 Å². The van der Waals surface area contributed by atoms with Gasteiger partial charge in [0.15, 0.2) is 9.58 Å². The van der Waals surface area contributed by atoms with Gasteiger partial charge >= 0.3 is 5.51 Å². The summed E-state index contributed by atoms with van der Waals surface area (Å²) < 4.78 is 39.6. The number of alkyl halides is 3. The highest BCUT2D eigenvalue weighted by Gasteiger charge is 2.50. The van der Waals surface area contributed by atoms with Crippen molar-refractivity contribution < 1.29 is 13.2 Å². The maximum atomic E-state index is 13.0. The van der Waals surface area contributed by atoms with Crippen LogP contribution in [0.5, 0.6) is 0 Å². The normalized spacial score (nSPS) is 16.2. The van der Waals surface area contributed by atoms with E-state index in [9.17, 15) is 13.2 Å². The van der Waals surface area contributed by atoms with Crippen LogP contribution in [0, 0.1) is 11.8 Å². The molecule has 1 aromatic carbocycles. The van der Waals surface area contributed by atoms with E-state index in [1.54, 1.807) is 30.3 Å². The highest BCUT2D eigenvalue weighted by atomic mass is 32.2. The van der Waals surface area contributed by atoms with E-state index in [4.69, 9.17) is 11.8 Å². The Morgan fingerprint density at radius 2 is 1.78 bits per heavy atom. The van der Waals surface area contributed by atoms with Crippen LogP contribution in [0.25, 0.3) is 10.1 Å². The van der Waals surface area contributed by atoms with Crippen LogP contribution >= 0.6 is 10.5 Å². The summed E-state index contributed by atoms with van der Waals surface area (Å²) in [5, 5.41) is 7.00. The minimum absolute atomic E-state index is 0.178. The van der Waals surface area contributed by atoms with Crippen LogP contribution in [0.15, 0.2) is 30.3 Å². The lowest BCUT2D eigenvalue weighted by molar-refractivity contribution is -0.0867. The summed E-state index contributed by atoms with van der Waals surface area (Å²) in [5.41, 5.74) is -4.12. The molecule has 1 saturated carbocycles. The second-order valence-electron chi connectivity index (χ2n) is 4.11. The molecule has 0 radical (unpaired) electrons. The third-order valence-corrected chi connectivity index (χ3v) is 5.08. The number of thiophene rings is 1. The molecule has 2 aromatic rings. The van der Waals surface area contributed by atoms with E-state index in [1.807, 2.05) is 0 Å². The van der Waals surface area contributed by atoms with E-state index in [0.717, 1.165) is 18.2 Å². The van der Waals surface area contributed by atoms with Gasteiger partial charge in [-0.15, -0.1) is 13.2 Å². The first-order valence-electron chi connectivity index (χ1n) is 5.41. The smallest absolute Gasteiger partial charge is 0.512 e. The number of hydrogen-bond donors (Lipinski definition) is 0. The second kappa shape index (κ2) is 4.62. The van der Waals surface area contributed by atoms with Gasteiger partial charge in [-0.25, -0.2) is 0 Å². The Bertz CT molecular complexity index is 579. The number of nitrogens with zero attached hydrogens (tertiary/aromatic N) is 1. The molecule has 1 nitrogen and oxygen atoms in total. The van der Waals surface area contributed by atoms with Crippen LogP contribution in [0.2, 0.25) is 0 Å². The van der Waals surface area contributed by atoms with E-state index >= 15 is 0 Å². The Morgan fingerprint density at radius 1 is 1.17 bits per heavy atom. The van der Waals surface area contributed by atoms with E-state index in [0.29, 0.717) is 9.58 Å². The molecule has 1 aromatic heterocycles. The zero-order valence-electron chi connectivity index (χ0n) is 9.37. The molecule has 0 spiro atoms. The van der Waals surface area contributed by atoms with Crippen LogP contribution in [0.1, 0.15) is 23.6 Å². The van der Waals surface area contributed by atoms with Gasteiger partial charge in [0.2, 0.25) is 0 Å². The standard InChI is InChI=1S/C12H10F3S.CN/c13-12(14,15)16-10-4-2-1-3-9(10)7-11(16)8-5-6-8;1-2/h1-4,7-8H,5-6H2;/q+1;-1. The lowest BCUT2D eigenvalue weighted by Crippen LogP contribution is -1.97. The summed E-state index contributed by atoms with van der Waals surface area (Å²) >= 11 is 0. The molecule has 5 heteroatoms. The quantitative estimate of drug-likeness (QED) is 0.525. The molecular formula is C13H10F3NS. The molecule has 0 bridgehead atoms. The zero-order chi connectivity index (χ0) is 13.3. The van der Waals surface area contributed by atoms with Gasteiger partial charge in [0.1, 0.15) is 0 Å². The number of fused-ring (bicyclic) bond motifs is 1. The van der Waals surface area contributed by atoms with Gasteiger partial charge < -0.3 is 11.8 Å². The monoisotopic (exact) mass is 269 g/mol. The van der Waals surface area contributed by atoms with E-state index in [2.05, 4.69) is 0 Å². The maximum Gasteiger partial charge on any atom is 0.600 e. The van der Waals surface area contributed by atoms with E-state index in [-0.39, 0.29) is 5.92 Å². The third-order valence-electron chi connectivity index (χ3n) is 2.88. The van der Waals surface area contributed by atoms with Gasteiger partial charge in [-0.05, 0) is 25.0 Å². The van der Waals surface area contributed by atoms with Gasteiger partial charge in [-0.2, -0.15) is 0 Å². The third kappa shape index (κ3) is 2.21. The highest BCUT2D eigenvalue weighted by Crippen LogP contribution is 2.57. The van der Waals surface area contributed by atoms with Crippen molar-refractivity contribution in [2.45, 2.75) is 24.3 Å². The molecule has 18 heavy (non-hydrogen) atoms. The lowest BCUT2D eigenvalue weighted by Gasteiger charge is -1.98. The molecule has 1 atom stereocenters. The number of rotatable bonds is 1. The Labute approximate surface area is 105 Å². The van der Waals surface area contributed by atoms with Crippen LogP contribution in [0.3, 0.4) is 0 Å². The Balaban J connectivity index is 0.000000574. The fourth-order valence-corrected chi connectivity index (χ4v) is 4.20. The highest BCUT2D eigenvalue weighted by molar-refractivity contribution is 7.38. The first-order valence-corrected chi connectivity index (χ1v) is 6.64. The topological polar surface area (TPSA) is 23.8 Å². The van der Waals surface area contributed by atoms with E-state index in [1.165, 1.54) is 0 Å². The van der Waals surface area contributed by atoms with Gasteiger partial charge in [0.25, 0.3) is 0 Å². The van der Waals surface area contributed by atoms with Crippen LogP contribution < -0.4 is 0 Å². The van der Waals surface area contributed by atoms with Gasteiger partial charge in [0, 0.05) is 17.4 Å². The summed E-state index contributed by atoms with van der Waals surface area (Å²) in [6.45, 7) is 4.75. The minimum Gasteiger partial charge on any atom is -0.512 e. The van der Waals surface area contributed by atoms with Crippen molar-refractivity contribution in [3.63, 3.8) is 0 Å². The van der Waals surface area contributed by atoms with Gasteiger partial charge in [-0.3, -0.25) is 0 Å². The average Bonchev–Trinajstić information content (AvgIpc) is 3.10. The average molecular weight is 269 g/mol. The van der Waals surface area contributed by atoms with Crippen LogP contribution in [-0.4, -0.2) is 0 Å². The summed E-state index contributed by atoms with van der Waals surface area (Å²) in [6, 6.07) is 8.62. The first kappa shape index (κ1) is 12.9. The largest absolute Gasteiger partial charge is 0.600 e. The van der Waals surface area contributed by atoms with Crippen molar-refractivity contribution in [3.8, 4) is 0 Å². The summed E-state index contributed by atoms with van der Waals surface area (Å²) in [5.74, 6) is 0.178. The second-order valence-corrected chi connectivity index (χ2v) is 6.10. The fourth-order valence-electron chi connectivity index (χ4n) is 2.04. The molecule has 94 valence electrons. The SMILES string of the molecule is FC(F)(F)[s+]1c(C2CC2)cc2ccccc21.[C-]#N. The lowest BCUT2D eigenvalue weighted by atomic mass is 10.2. The molecule has 1 aliphatic carbocycles. The molecule has 1 unspecified atom stereocenters. The van der Waals surface area contributed by atoms with Crippen molar-refractivity contribution in [1.29, 1.82) is 5.26 Å². The van der Waals surface area contributed by atoms with Crippen LogP contribution in [0.4, 0.5) is 13.2 Å².